The summed E-state index contributed by atoms with van der Waals surface area (Å²) in [6, 6.07) is 9.53. The molecular formula is C19H23FN2O3. The van der Waals surface area contributed by atoms with E-state index in [1.807, 2.05) is 0 Å². The van der Waals surface area contributed by atoms with Gasteiger partial charge in [-0.15, -0.1) is 0 Å². The Bertz CT molecular complexity index is 749. The van der Waals surface area contributed by atoms with Crippen molar-refractivity contribution in [2.75, 3.05) is 5.73 Å². The standard InChI is InChI=1S/C19H23FN2O3/c1-12-7-14(20)10-16(8-12)24-15-5-6-17(21)13(9-15)11-22-18(23)25-19(2,3)4/h5-10H,11,21H2,1-4H3,(H,22,23). The lowest BCUT2D eigenvalue weighted by Gasteiger charge is -2.20. The van der Waals surface area contributed by atoms with Crippen LogP contribution >= 0.6 is 0 Å². The van der Waals surface area contributed by atoms with Gasteiger partial charge in [0.2, 0.25) is 0 Å². The minimum Gasteiger partial charge on any atom is -0.457 e. The van der Waals surface area contributed by atoms with Crippen LogP contribution in [0, 0.1) is 12.7 Å². The van der Waals surface area contributed by atoms with E-state index in [0.717, 1.165) is 5.56 Å². The summed E-state index contributed by atoms with van der Waals surface area (Å²) in [5, 5.41) is 2.65. The van der Waals surface area contributed by atoms with Crippen molar-refractivity contribution in [2.45, 2.75) is 39.8 Å². The van der Waals surface area contributed by atoms with Gasteiger partial charge in [0.25, 0.3) is 0 Å². The number of benzene rings is 2. The maximum Gasteiger partial charge on any atom is 0.407 e. The van der Waals surface area contributed by atoms with E-state index in [1.54, 1.807) is 52.0 Å². The SMILES string of the molecule is Cc1cc(F)cc(Oc2ccc(N)c(CNC(=O)OC(C)(C)C)c2)c1. The molecule has 0 atom stereocenters. The lowest BCUT2D eigenvalue weighted by Crippen LogP contribution is -2.32. The average Bonchev–Trinajstić information content (AvgIpc) is 2.45. The number of nitrogen functional groups attached to an aromatic ring is 1. The lowest BCUT2D eigenvalue weighted by atomic mass is 10.1. The van der Waals surface area contributed by atoms with Crippen LogP contribution in [0.3, 0.4) is 0 Å². The number of amides is 1. The van der Waals surface area contributed by atoms with Crippen molar-refractivity contribution < 1.29 is 18.7 Å². The molecule has 0 radical (unpaired) electrons. The molecule has 3 N–H and O–H groups in total. The highest BCUT2D eigenvalue weighted by atomic mass is 19.1. The quantitative estimate of drug-likeness (QED) is 0.798. The number of ether oxygens (including phenoxy) is 2. The summed E-state index contributed by atoms with van der Waals surface area (Å²) in [6.45, 7) is 7.35. The van der Waals surface area contributed by atoms with Gasteiger partial charge in [-0.25, -0.2) is 9.18 Å². The van der Waals surface area contributed by atoms with Gasteiger partial charge in [-0.2, -0.15) is 0 Å². The number of carbonyl (C=O) groups is 1. The third kappa shape index (κ3) is 5.99. The van der Waals surface area contributed by atoms with Gasteiger partial charge in [-0.3, -0.25) is 0 Å². The van der Waals surface area contributed by atoms with Gasteiger partial charge in [0.15, 0.2) is 0 Å². The number of aryl methyl sites for hydroxylation is 1. The maximum atomic E-state index is 13.5. The second kappa shape index (κ2) is 7.42. The Balaban J connectivity index is 2.08. The van der Waals surface area contributed by atoms with Crippen molar-refractivity contribution in [3.63, 3.8) is 0 Å². The summed E-state index contributed by atoms with van der Waals surface area (Å²) in [4.78, 5) is 11.7. The Morgan fingerprint density at radius 3 is 2.52 bits per heavy atom. The summed E-state index contributed by atoms with van der Waals surface area (Å²) < 4.78 is 24.3. The molecule has 0 aliphatic heterocycles. The van der Waals surface area contributed by atoms with E-state index in [2.05, 4.69) is 5.32 Å². The molecule has 0 bridgehead atoms. The summed E-state index contributed by atoms with van der Waals surface area (Å²) in [7, 11) is 0. The molecule has 0 saturated carbocycles. The Hall–Kier alpha value is -2.76. The first-order valence-electron chi connectivity index (χ1n) is 7.93. The molecule has 0 fully saturated rings. The first-order valence-corrected chi connectivity index (χ1v) is 7.93. The van der Waals surface area contributed by atoms with Gasteiger partial charge in [0.05, 0.1) is 0 Å². The monoisotopic (exact) mass is 346 g/mol. The maximum absolute atomic E-state index is 13.5. The third-order valence-corrected chi connectivity index (χ3v) is 3.19. The smallest absolute Gasteiger partial charge is 0.407 e. The molecule has 0 saturated heterocycles. The van der Waals surface area contributed by atoms with Crippen molar-refractivity contribution >= 4 is 11.8 Å². The number of hydrogen-bond acceptors (Lipinski definition) is 4. The van der Waals surface area contributed by atoms with Gasteiger partial charge >= 0.3 is 6.09 Å². The molecule has 2 aromatic carbocycles. The predicted molar refractivity (Wildman–Crippen MR) is 95.1 cm³/mol. The number of alkyl carbamates (subject to hydrolysis) is 1. The van der Waals surface area contributed by atoms with E-state index in [9.17, 15) is 9.18 Å². The van der Waals surface area contributed by atoms with Crippen LogP contribution in [0.4, 0.5) is 14.9 Å². The highest BCUT2D eigenvalue weighted by Crippen LogP contribution is 2.26. The Labute approximate surface area is 146 Å². The molecule has 1 amide bonds. The number of halogens is 1. The second-order valence-corrected chi connectivity index (χ2v) is 6.78. The minimum absolute atomic E-state index is 0.195. The fourth-order valence-corrected chi connectivity index (χ4v) is 2.18. The van der Waals surface area contributed by atoms with Gasteiger partial charge in [0, 0.05) is 18.3 Å². The molecule has 2 aromatic rings. The summed E-state index contributed by atoms with van der Waals surface area (Å²) in [5.74, 6) is 0.533. The van der Waals surface area contributed by atoms with E-state index >= 15 is 0 Å². The van der Waals surface area contributed by atoms with E-state index in [-0.39, 0.29) is 12.4 Å². The molecule has 5 nitrogen and oxygen atoms in total. The van der Waals surface area contributed by atoms with E-state index in [1.165, 1.54) is 12.1 Å². The number of anilines is 1. The Morgan fingerprint density at radius 2 is 1.88 bits per heavy atom. The van der Waals surface area contributed by atoms with Crippen LogP contribution in [0.15, 0.2) is 36.4 Å². The van der Waals surface area contributed by atoms with Crippen molar-refractivity contribution in [1.82, 2.24) is 5.32 Å². The molecule has 6 heteroatoms. The van der Waals surface area contributed by atoms with Gasteiger partial charge < -0.3 is 20.5 Å². The van der Waals surface area contributed by atoms with Gasteiger partial charge in [0.1, 0.15) is 22.9 Å². The molecule has 25 heavy (non-hydrogen) atoms. The first-order chi connectivity index (χ1) is 11.6. The molecular weight excluding hydrogens is 323 g/mol. The highest BCUT2D eigenvalue weighted by Gasteiger charge is 2.16. The average molecular weight is 346 g/mol. The van der Waals surface area contributed by atoms with E-state index in [4.69, 9.17) is 15.2 Å². The summed E-state index contributed by atoms with van der Waals surface area (Å²) in [5.41, 5.74) is 7.31. The highest BCUT2D eigenvalue weighted by molar-refractivity contribution is 5.68. The Kier molecular flexibility index (Phi) is 5.51. The summed E-state index contributed by atoms with van der Waals surface area (Å²) in [6.07, 6.45) is -0.529. The summed E-state index contributed by atoms with van der Waals surface area (Å²) >= 11 is 0. The van der Waals surface area contributed by atoms with Gasteiger partial charge in [-0.1, -0.05) is 0 Å². The zero-order valence-electron chi connectivity index (χ0n) is 14.9. The van der Waals surface area contributed by atoms with Gasteiger partial charge in [-0.05, 0) is 69.2 Å². The largest absolute Gasteiger partial charge is 0.457 e. The van der Waals surface area contributed by atoms with Crippen LogP contribution in [-0.2, 0) is 11.3 Å². The topological polar surface area (TPSA) is 73.6 Å². The van der Waals surface area contributed by atoms with E-state index in [0.29, 0.717) is 22.7 Å². The zero-order chi connectivity index (χ0) is 18.6. The number of hydrogen-bond donors (Lipinski definition) is 2. The molecule has 0 aliphatic carbocycles. The molecule has 0 heterocycles. The Morgan fingerprint density at radius 1 is 1.16 bits per heavy atom. The third-order valence-electron chi connectivity index (χ3n) is 3.19. The van der Waals surface area contributed by atoms with Crippen LogP contribution < -0.4 is 15.8 Å². The second-order valence-electron chi connectivity index (χ2n) is 6.78. The zero-order valence-corrected chi connectivity index (χ0v) is 14.9. The van der Waals surface area contributed by atoms with Crippen LogP contribution in [0.5, 0.6) is 11.5 Å². The molecule has 0 unspecified atom stereocenters. The van der Waals surface area contributed by atoms with Crippen LogP contribution in [0.1, 0.15) is 31.9 Å². The number of rotatable bonds is 4. The van der Waals surface area contributed by atoms with Crippen LogP contribution in [0.25, 0.3) is 0 Å². The van der Waals surface area contributed by atoms with E-state index < -0.39 is 11.7 Å². The fraction of sp³-hybridized carbons (Fsp3) is 0.316. The van der Waals surface area contributed by atoms with Crippen molar-refractivity contribution in [1.29, 1.82) is 0 Å². The molecule has 0 aromatic heterocycles. The van der Waals surface area contributed by atoms with Crippen molar-refractivity contribution in [3.05, 3.63) is 53.3 Å². The fourth-order valence-electron chi connectivity index (χ4n) is 2.18. The van der Waals surface area contributed by atoms with Crippen molar-refractivity contribution in [3.8, 4) is 11.5 Å². The molecule has 0 aliphatic rings. The molecule has 2 rings (SSSR count). The predicted octanol–water partition coefficient (Wildman–Crippen LogP) is 4.53. The molecule has 0 spiro atoms. The lowest BCUT2D eigenvalue weighted by molar-refractivity contribution is 0.0523. The minimum atomic E-state index is -0.574. The van der Waals surface area contributed by atoms with Crippen molar-refractivity contribution in [2.24, 2.45) is 0 Å². The van der Waals surface area contributed by atoms with Crippen LogP contribution in [-0.4, -0.2) is 11.7 Å². The first kappa shape index (κ1) is 18.6. The normalized spacial score (nSPS) is 11.1. The van der Waals surface area contributed by atoms with Crippen LogP contribution in [0.2, 0.25) is 0 Å². The molecule has 134 valence electrons. The number of nitrogens with two attached hydrogens (primary N) is 1. The number of carbonyl (C=O) groups excluding carboxylic acids is 1. The number of nitrogens with one attached hydrogen (secondary N) is 1.